The lowest BCUT2D eigenvalue weighted by atomic mass is 10.2. The zero-order valence-corrected chi connectivity index (χ0v) is 19.0. The van der Waals surface area contributed by atoms with Crippen molar-refractivity contribution in [1.29, 1.82) is 0 Å². The van der Waals surface area contributed by atoms with Gasteiger partial charge in [-0.05, 0) is 55.8 Å². The van der Waals surface area contributed by atoms with Gasteiger partial charge in [-0.3, -0.25) is 10.2 Å². The average molecular weight is 474 g/mol. The molecule has 1 aliphatic rings. The second kappa shape index (κ2) is 8.91. The number of benzene rings is 3. The van der Waals surface area contributed by atoms with Crippen molar-refractivity contribution in [2.24, 2.45) is 4.99 Å². The Morgan fingerprint density at radius 1 is 1.00 bits per heavy atom. The first-order chi connectivity index (χ1) is 14.8. The highest BCUT2D eigenvalue weighted by Crippen LogP contribution is 2.38. The number of carbonyl (C=O) groups is 1. The van der Waals surface area contributed by atoms with Gasteiger partial charge in [0, 0.05) is 4.90 Å². The Balaban J connectivity index is 1.78. The van der Waals surface area contributed by atoms with Gasteiger partial charge in [-0.15, -0.1) is 11.8 Å². The van der Waals surface area contributed by atoms with E-state index in [4.69, 9.17) is 23.2 Å². The minimum Gasteiger partial charge on any atom is -0.276 e. The monoisotopic (exact) mass is 473 g/mol. The number of hydrogen-bond donors (Lipinski definition) is 1. The Labute approximate surface area is 194 Å². The molecular weight excluding hydrogens is 456 g/mol. The molecule has 0 radical (unpaired) electrons. The summed E-state index contributed by atoms with van der Waals surface area (Å²) in [5.74, 6) is -0.468. The van der Waals surface area contributed by atoms with Crippen LogP contribution < -0.4 is 10.4 Å². The van der Waals surface area contributed by atoms with Gasteiger partial charge in [0.05, 0.1) is 10.0 Å². The van der Waals surface area contributed by atoms with Gasteiger partial charge in [-0.1, -0.05) is 53.0 Å². The summed E-state index contributed by atoms with van der Waals surface area (Å²) in [5.41, 5.74) is 5.45. The highest BCUT2D eigenvalue weighted by atomic mass is 35.5. The molecule has 1 atom stereocenters. The Hall–Kier alpha value is -2.54. The van der Waals surface area contributed by atoms with Crippen molar-refractivity contribution in [2.45, 2.75) is 24.0 Å². The molecule has 158 valence electrons. The Morgan fingerprint density at radius 2 is 1.65 bits per heavy atom. The maximum Gasteiger partial charge on any atom is 0.267 e. The van der Waals surface area contributed by atoms with Crippen LogP contribution >= 0.6 is 35.0 Å². The molecule has 0 aliphatic carbocycles. The highest BCUT2D eigenvalue weighted by molar-refractivity contribution is 8.01. The van der Waals surface area contributed by atoms with Crippen LogP contribution in [0.15, 0.2) is 70.6 Å². The van der Waals surface area contributed by atoms with E-state index in [2.05, 4.69) is 10.4 Å². The molecule has 3 aromatic rings. The van der Waals surface area contributed by atoms with Crippen molar-refractivity contribution in [2.75, 3.05) is 5.01 Å². The number of hydrazine groups is 1. The molecule has 1 aliphatic heterocycles. The third-order valence-corrected chi connectivity index (χ3v) is 6.51. The van der Waals surface area contributed by atoms with E-state index in [0.717, 1.165) is 16.0 Å². The van der Waals surface area contributed by atoms with E-state index >= 15 is 0 Å². The molecule has 0 saturated carbocycles. The van der Waals surface area contributed by atoms with E-state index in [1.165, 1.54) is 22.8 Å². The molecule has 1 heterocycles. The molecule has 4 nitrogen and oxygen atoms in total. The molecule has 1 amide bonds. The van der Waals surface area contributed by atoms with Crippen LogP contribution in [0.2, 0.25) is 10.0 Å². The van der Waals surface area contributed by atoms with Crippen molar-refractivity contribution in [3.63, 3.8) is 0 Å². The number of para-hydroxylation sites is 1. The second-order valence-electron chi connectivity index (χ2n) is 7.12. The Bertz CT molecular complexity index is 1160. The van der Waals surface area contributed by atoms with E-state index in [9.17, 15) is 9.18 Å². The van der Waals surface area contributed by atoms with E-state index in [1.807, 2.05) is 38.1 Å². The number of aryl methyl sites for hydroxylation is 2. The SMILES string of the molecule is Cc1ccc(SC2C(=O)N(c3c(Cl)cccc3Cl)NC2=Nc2cc(C)ccc2F)cc1. The largest absolute Gasteiger partial charge is 0.276 e. The van der Waals surface area contributed by atoms with Crippen LogP contribution in [0.3, 0.4) is 0 Å². The number of anilines is 1. The lowest BCUT2D eigenvalue weighted by molar-refractivity contribution is -0.116. The molecule has 1 unspecified atom stereocenters. The molecule has 0 aromatic heterocycles. The summed E-state index contributed by atoms with van der Waals surface area (Å²) in [6.07, 6.45) is 0. The normalized spacial score (nSPS) is 17.3. The number of thioether (sulfide) groups is 1. The van der Waals surface area contributed by atoms with Gasteiger partial charge < -0.3 is 0 Å². The van der Waals surface area contributed by atoms with E-state index < -0.39 is 11.1 Å². The smallest absolute Gasteiger partial charge is 0.267 e. The summed E-state index contributed by atoms with van der Waals surface area (Å²) in [7, 11) is 0. The van der Waals surface area contributed by atoms with Gasteiger partial charge in [0.2, 0.25) is 0 Å². The molecule has 0 bridgehead atoms. The lowest BCUT2D eigenvalue weighted by Crippen LogP contribution is -2.36. The minimum absolute atomic E-state index is 0.150. The van der Waals surface area contributed by atoms with E-state index in [-0.39, 0.29) is 11.6 Å². The van der Waals surface area contributed by atoms with Gasteiger partial charge in [0.25, 0.3) is 5.91 Å². The molecular formula is C23H18Cl2FN3OS. The summed E-state index contributed by atoms with van der Waals surface area (Å²) < 4.78 is 14.4. The fourth-order valence-corrected chi connectivity index (χ4v) is 4.67. The van der Waals surface area contributed by atoms with Gasteiger partial charge in [-0.25, -0.2) is 14.4 Å². The van der Waals surface area contributed by atoms with Crippen LogP contribution in [0, 0.1) is 19.7 Å². The van der Waals surface area contributed by atoms with Gasteiger partial charge >= 0.3 is 0 Å². The first-order valence-electron chi connectivity index (χ1n) is 9.46. The van der Waals surface area contributed by atoms with Crippen molar-refractivity contribution >= 4 is 58.1 Å². The van der Waals surface area contributed by atoms with Crippen molar-refractivity contribution < 1.29 is 9.18 Å². The average Bonchev–Trinajstić information content (AvgIpc) is 3.02. The molecule has 0 spiro atoms. The zero-order valence-electron chi connectivity index (χ0n) is 16.7. The van der Waals surface area contributed by atoms with Crippen LogP contribution in [0.25, 0.3) is 0 Å². The lowest BCUT2D eigenvalue weighted by Gasteiger charge is -2.18. The minimum atomic E-state index is -0.727. The number of hydrogen-bond acceptors (Lipinski definition) is 3. The number of amidine groups is 1. The van der Waals surface area contributed by atoms with Crippen molar-refractivity contribution in [3.05, 3.63) is 87.7 Å². The number of amides is 1. The van der Waals surface area contributed by atoms with Gasteiger partial charge in [0.1, 0.15) is 28.3 Å². The maximum atomic E-state index is 14.4. The number of nitrogens with one attached hydrogen (secondary N) is 1. The number of aliphatic imine (C=N–C) groups is 1. The van der Waals surface area contributed by atoms with Crippen molar-refractivity contribution in [3.8, 4) is 0 Å². The van der Waals surface area contributed by atoms with Gasteiger partial charge in [0.15, 0.2) is 0 Å². The van der Waals surface area contributed by atoms with Gasteiger partial charge in [-0.2, -0.15) is 0 Å². The number of rotatable bonds is 4. The van der Waals surface area contributed by atoms with Crippen molar-refractivity contribution in [1.82, 2.24) is 5.43 Å². The fraction of sp³-hybridized carbons (Fsp3) is 0.130. The standard InChI is InChI=1S/C23H18Cl2FN3OS/c1-13-6-9-15(10-7-13)31-21-22(27-19-12-14(2)8-11-18(19)26)28-29(23(21)30)20-16(24)4-3-5-17(20)25/h3-12,21H,1-2H3,(H,27,28). The number of halogens is 3. The third-order valence-electron chi connectivity index (χ3n) is 4.70. The summed E-state index contributed by atoms with van der Waals surface area (Å²) in [6, 6.07) is 17.5. The Kier molecular flexibility index (Phi) is 6.23. The maximum absolute atomic E-state index is 14.4. The molecule has 1 saturated heterocycles. The summed E-state index contributed by atoms with van der Waals surface area (Å²) in [4.78, 5) is 18.7. The van der Waals surface area contributed by atoms with Crippen LogP contribution in [-0.2, 0) is 4.79 Å². The molecule has 4 rings (SSSR count). The zero-order chi connectivity index (χ0) is 22.1. The van der Waals surface area contributed by atoms with Crippen LogP contribution in [0.4, 0.5) is 15.8 Å². The summed E-state index contributed by atoms with van der Waals surface area (Å²) >= 11 is 14.0. The molecule has 3 aromatic carbocycles. The molecule has 1 N–H and O–H groups in total. The predicted octanol–water partition coefficient (Wildman–Crippen LogP) is 6.49. The number of carbonyl (C=O) groups excluding carboxylic acids is 1. The quantitative estimate of drug-likeness (QED) is 0.470. The first kappa shape index (κ1) is 21.7. The third kappa shape index (κ3) is 4.56. The van der Waals surface area contributed by atoms with Crippen LogP contribution in [0.1, 0.15) is 11.1 Å². The highest BCUT2D eigenvalue weighted by Gasteiger charge is 2.41. The molecule has 31 heavy (non-hydrogen) atoms. The van der Waals surface area contributed by atoms with Crippen LogP contribution in [-0.4, -0.2) is 17.0 Å². The van der Waals surface area contributed by atoms with E-state index in [1.54, 1.807) is 30.3 Å². The summed E-state index contributed by atoms with van der Waals surface area (Å²) in [6.45, 7) is 3.84. The summed E-state index contributed by atoms with van der Waals surface area (Å²) in [5, 5.41) is 1.18. The molecule has 1 fully saturated rings. The van der Waals surface area contributed by atoms with E-state index in [0.29, 0.717) is 21.6 Å². The first-order valence-corrected chi connectivity index (χ1v) is 11.1. The number of nitrogens with zero attached hydrogens (tertiary/aromatic N) is 2. The Morgan fingerprint density at radius 3 is 2.32 bits per heavy atom. The fourth-order valence-electron chi connectivity index (χ4n) is 3.11. The molecule has 8 heteroatoms. The predicted molar refractivity (Wildman–Crippen MR) is 126 cm³/mol. The second-order valence-corrected chi connectivity index (χ2v) is 9.11. The topological polar surface area (TPSA) is 44.7 Å². The van der Waals surface area contributed by atoms with Crippen LogP contribution in [0.5, 0.6) is 0 Å².